The number of halogens is 3. The SMILES string of the molecule is CC1(C)C(C(Cl)c2cc(Br)sc2Br)C1(C)C. The van der Waals surface area contributed by atoms with E-state index in [1.165, 1.54) is 5.56 Å². The molecule has 1 aromatic rings. The van der Waals surface area contributed by atoms with E-state index in [2.05, 4.69) is 65.6 Å². The minimum absolute atomic E-state index is 0.0990. The molecule has 0 aromatic carbocycles. The molecule has 1 fully saturated rings. The van der Waals surface area contributed by atoms with Crippen LogP contribution in [0.1, 0.15) is 38.6 Å². The van der Waals surface area contributed by atoms with Crippen molar-refractivity contribution >= 4 is 54.8 Å². The first-order valence-electron chi connectivity index (χ1n) is 5.28. The van der Waals surface area contributed by atoms with E-state index in [1.54, 1.807) is 11.3 Å². The van der Waals surface area contributed by atoms with Gasteiger partial charge in [0.05, 0.1) is 12.9 Å². The van der Waals surface area contributed by atoms with E-state index in [9.17, 15) is 0 Å². The fourth-order valence-corrected chi connectivity index (χ4v) is 6.63. The highest BCUT2D eigenvalue weighted by Gasteiger charge is 2.67. The van der Waals surface area contributed by atoms with Crippen molar-refractivity contribution in [2.24, 2.45) is 16.7 Å². The molecule has 2 rings (SSSR count). The van der Waals surface area contributed by atoms with Gasteiger partial charge in [-0.1, -0.05) is 27.7 Å². The summed E-state index contributed by atoms with van der Waals surface area (Å²) in [5.74, 6) is 0.541. The summed E-state index contributed by atoms with van der Waals surface area (Å²) in [6.45, 7) is 9.23. The van der Waals surface area contributed by atoms with Crippen LogP contribution in [0.25, 0.3) is 0 Å². The third kappa shape index (κ3) is 1.82. The van der Waals surface area contributed by atoms with Crippen LogP contribution in [0.15, 0.2) is 13.6 Å². The summed E-state index contributed by atoms with van der Waals surface area (Å²) in [5, 5.41) is 0.0990. The second-order valence-corrected chi connectivity index (χ2v) is 9.82. The highest BCUT2D eigenvalue weighted by molar-refractivity contribution is 9.12. The van der Waals surface area contributed by atoms with Crippen LogP contribution in [0.5, 0.6) is 0 Å². The molecular weight excluding hydrogens is 371 g/mol. The van der Waals surface area contributed by atoms with Gasteiger partial charge in [-0.15, -0.1) is 22.9 Å². The lowest BCUT2D eigenvalue weighted by atomic mass is 10.0. The van der Waals surface area contributed by atoms with Gasteiger partial charge in [0.2, 0.25) is 0 Å². The summed E-state index contributed by atoms with van der Waals surface area (Å²) in [4.78, 5) is 0. The molecule has 1 aliphatic rings. The Labute approximate surface area is 123 Å². The molecule has 0 N–H and O–H groups in total. The van der Waals surface area contributed by atoms with Crippen molar-refractivity contribution in [3.05, 3.63) is 19.2 Å². The Balaban J connectivity index is 2.29. The summed E-state index contributed by atoms with van der Waals surface area (Å²) < 4.78 is 2.29. The van der Waals surface area contributed by atoms with Gasteiger partial charge < -0.3 is 0 Å². The number of thiophene rings is 1. The van der Waals surface area contributed by atoms with Crippen LogP contribution in [0, 0.1) is 16.7 Å². The van der Waals surface area contributed by atoms with E-state index < -0.39 is 0 Å². The van der Waals surface area contributed by atoms with E-state index in [-0.39, 0.29) is 5.38 Å². The van der Waals surface area contributed by atoms with Crippen LogP contribution in [-0.4, -0.2) is 0 Å². The van der Waals surface area contributed by atoms with Gasteiger partial charge in [0.25, 0.3) is 0 Å². The fraction of sp³-hybridized carbons (Fsp3) is 0.667. The molecule has 1 atom stereocenters. The van der Waals surface area contributed by atoms with Gasteiger partial charge in [0, 0.05) is 0 Å². The molecule has 0 radical (unpaired) electrons. The zero-order chi connectivity index (χ0) is 12.3. The van der Waals surface area contributed by atoms with Gasteiger partial charge in [-0.25, -0.2) is 0 Å². The highest BCUT2D eigenvalue weighted by atomic mass is 79.9. The molecule has 1 heterocycles. The number of hydrogen-bond donors (Lipinski definition) is 0. The zero-order valence-electron chi connectivity index (χ0n) is 9.77. The maximum atomic E-state index is 6.65. The Kier molecular flexibility index (Phi) is 3.32. The maximum Gasteiger partial charge on any atom is 0.0757 e. The smallest absolute Gasteiger partial charge is 0.0757 e. The Morgan fingerprint density at radius 1 is 1.25 bits per heavy atom. The first-order chi connectivity index (χ1) is 7.19. The highest BCUT2D eigenvalue weighted by Crippen LogP contribution is 2.74. The molecule has 0 saturated heterocycles. The third-order valence-corrected chi connectivity index (χ3v) is 7.28. The Morgan fingerprint density at radius 2 is 1.75 bits per heavy atom. The third-order valence-electron chi connectivity index (χ3n) is 4.41. The van der Waals surface area contributed by atoms with Crippen molar-refractivity contribution < 1.29 is 0 Å². The van der Waals surface area contributed by atoms with Crippen molar-refractivity contribution in [2.45, 2.75) is 33.1 Å². The fourth-order valence-electron chi connectivity index (χ4n) is 2.70. The monoisotopic (exact) mass is 384 g/mol. The van der Waals surface area contributed by atoms with Crippen molar-refractivity contribution in [1.82, 2.24) is 0 Å². The first-order valence-corrected chi connectivity index (χ1v) is 8.12. The molecule has 16 heavy (non-hydrogen) atoms. The molecule has 4 heteroatoms. The van der Waals surface area contributed by atoms with Crippen molar-refractivity contribution in [2.75, 3.05) is 0 Å². The summed E-state index contributed by atoms with van der Waals surface area (Å²) in [7, 11) is 0. The van der Waals surface area contributed by atoms with Gasteiger partial charge in [0.1, 0.15) is 0 Å². The van der Waals surface area contributed by atoms with Gasteiger partial charge in [0.15, 0.2) is 0 Å². The second-order valence-electron chi connectivity index (χ2n) is 5.60. The molecule has 0 aliphatic heterocycles. The zero-order valence-corrected chi connectivity index (χ0v) is 14.5. The lowest BCUT2D eigenvalue weighted by molar-refractivity contribution is 0.457. The molecule has 0 amide bonds. The molecule has 0 bridgehead atoms. The standard InChI is InChI=1S/C12H15Br2ClS/c1-11(2)9(12(11,3)4)8(15)6-5-7(13)16-10(6)14/h5,8-9H,1-4H3. The quantitative estimate of drug-likeness (QED) is 0.528. The van der Waals surface area contributed by atoms with Crippen molar-refractivity contribution in [1.29, 1.82) is 0 Å². The molecule has 90 valence electrons. The predicted octanol–water partition coefficient (Wildman–Crippen LogP) is 6.24. The summed E-state index contributed by atoms with van der Waals surface area (Å²) >= 11 is 15.4. The van der Waals surface area contributed by atoms with Crippen molar-refractivity contribution in [3.8, 4) is 0 Å². The van der Waals surface area contributed by atoms with E-state index in [1.807, 2.05) is 0 Å². The summed E-state index contributed by atoms with van der Waals surface area (Å²) in [6, 6.07) is 2.14. The van der Waals surface area contributed by atoms with Gasteiger partial charge in [-0.3, -0.25) is 0 Å². The number of alkyl halides is 1. The van der Waals surface area contributed by atoms with E-state index in [0.717, 1.165) is 7.57 Å². The normalized spacial score (nSPS) is 24.4. The van der Waals surface area contributed by atoms with Gasteiger partial charge in [-0.2, -0.15) is 0 Å². The van der Waals surface area contributed by atoms with Gasteiger partial charge >= 0.3 is 0 Å². The van der Waals surface area contributed by atoms with Crippen LogP contribution in [0.4, 0.5) is 0 Å². The first kappa shape index (κ1) is 13.4. The molecule has 0 spiro atoms. The molecule has 1 unspecified atom stereocenters. The van der Waals surface area contributed by atoms with E-state index in [4.69, 9.17) is 11.6 Å². The Bertz CT molecular complexity index is 409. The van der Waals surface area contributed by atoms with Crippen molar-refractivity contribution in [3.63, 3.8) is 0 Å². The summed E-state index contributed by atoms with van der Waals surface area (Å²) in [5.41, 5.74) is 1.88. The van der Waals surface area contributed by atoms with Crippen LogP contribution >= 0.6 is 54.8 Å². The lowest BCUT2D eigenvalue weighted by Crippen LogP contribution is -1.98. The predicted molar refractivity (Wildman–Crippen MR) is 79.4 cm³/mol. The number of hydrogen-bond acceptors (Lipinski definition) is 1. The van der Waals surface area contributed by atoms with E-state index in [0.29, 0.717) is 16.7 Å². The average molecular weight is 387 g/mol. The second kappa shape index (κ2) is 3.97. The molecule has 1 aliphatic carbocycles. The van der Waals surface area contributed by atoms with Crippen LogP contribution in [-0.2, 0) is 0 Å². The molecule has 1 aromatic heterocycles. The molecule has 0 nitrogen and oxygen atoms in total. The number of rotatable bonds is 2. The minimum atomic E-state index is 0.0990. The maximum absolute atomic E-state index is 6.65. The van der Waals surface area contributed by atoms with Crippen LogP contribution < -0.4 is 0 Å². The Hall–Kier alpha value is 0.950. The molecule has 1 saturated carbocycles. The minimum Gasteiger partial charge on any atom is -0.121 e. The Morgan fingerprint density at radius 3 is 2.06 bits per heavy atom. The average Bonchev–Trinajstić information content (AvgIpc) is 2.37. The van der Waals surface area contributed by atoms with Gasteiger partial charge in [-0.05, 0) is 60.2 Å². The van der Waals surface area contributed by atoms with Crippen LogP contribution in [0.2, 0.25) is 0 Å². The topological polar surface area (TPSA) is 0 Å². The largest absolute Gasteiger partial charge is 0.121 e. The molecular formula is C12H15Br2ClS. The van der Waals surface area contributed by atoms with Crippen LogP contribution in [0.3, 0.4) is 0 Å². The lowest BCUT2D eigenvalue weighted by Gasteiger charge is -2.10. The van der Waals surface area contributed by atoms with E-state index >= 15 is 0 Å². The summed E-state index contributed by atoms with van der Waals surface area (Å²) in [6.07, 6.45) is 0.